The normalized spacial score (nSPS) is 11.3. The van der Waals surface area contributed by atoms with Gasteiger partial charge in [0.2, 0.25) is 5.91 Å². The van der Waals surface area contributed by atoms with Crippen LogP contribution >= 0.6 is 0 Å². The second-order valence-electron chi connectivity index (χ2n) is 6.92. The Labute approximate surface area is 177 Å². The van der Waals surface area contributed by atoms with Crippen LogP contribution < -0.4 is 0 Å². The topological polar surface area (TPSA) is 46.6 Å². The van der Waals surface area contributed by atoms with Gasteiger partial charge in [-0.15, -0.1) is 0 Å². The summed E-state index contributed by atoms with van der Waals surface area (Å²) < 4.78 is 4.72. The number of carbonyl (C=O) groups is 2. The molecule has 0 aliphatic heterocycles. The number of esters is 1. The summed E-state index contributed by atoms with van der Waals surface area (Å²) in [6.45, 7) is 1.95. The third kappa shape index (κ3) is 5.23. The van der Waals surface area contributed by atoms with Gasteiger partial charge >= 0.3 is 5.97 Å². The first-order chi connectivity index (χ1) is 14.6. The molecule has 3 aromatic carbocycles. The van der Waals surface area contributed by atoms with Gasteiger partial charge in [0.05, 0.1) is 13.2 Å². The summed E-state index contributed by atoms with van der Waals surface area (Å²) in [6, 6.07) is 29.3. The minimum Gasteiger partial charge on any atom is -0.469 e. The maximum absolute atomic E-state index is 13.1. The van der Waals surface area contributed by atoms with E-state index in [0.29, 0.717) is 0 Å². The van der Waals surface area contributed by atoms with Gasteiger partial charge in [-0.3, -0.25) is 9.59 Å². The zero-order chi connectivity index (χ0) is 21.3. The van der Waals surface area contributed by atoms with E-state index in [0.717, 1.165) is 22.3 Å². The SMILES string of the molecule is COC(=O)CC(=O)N(C=C(c1ccccc1)c1ccccc1)[C@@H](C)c1ccccc1. The fourth-order valence-electron chi connectivity index (χ4n) is 3.27. The number of hydrogen-bond donors (Lipinski definition) is 0. The lowest BCUT2D eigenvalue weighted by Crippen LogP contribution is -2.31. The van der Waals surface area contributed by atoms with E-state index in [4.69, 9.17) is 4.74 Å². The third-order valence-corrected chi connectivity index (χ3v) is 4.95. The number of amides is 1. The molecule has 0 fully saturated rings. The largest absolute Gasteiger partial charge is 0.469 e. The predicted molar refractivity (Wildman–Crippen MR) is 118 cm³/mol. The maximum atomic E-state index is 13.1. The average Bonchev–Trinajstić information content (AvgIpc) is 2.81. The van der Waals surface area contributed by atoms with Crippen molar-refractivity contribution in [2.75, 3.05) is 7.11 Å². The highest BCUT2D eigenvalue weighted by molar-refractivity contribution is 5.96. The van der Waals surface area contributed by atoms with Gasteiger partial charge in [0.15, 0.2) is 0 Å². The zero-order valence-electron chi connectivity index (χ0n) is 17.2. The van der Waals surface area contributed by atoms with Crippen molar-refractivity contribution in [3.05, 3.63) is 114 Å². The van der Waals surface area contributed by atoms with E-state index in [1.54, 1.807) is 4.90 Å². The lowest BCUT2D eigenvalue weighted by Gasteiger charge is -2.27. The first kappa shape index (κ1) is 21.1. The Morgan fingerprint density at radius 1 is 0.833 bits per heavy atom. The maximum Gasteiger partial charge on any atom is 0.315 e. The van der Waals surface area contributed by atoms with Crippen LogP contribution in [0, 0.1) is 0 Å². The Hall–Kier alpha value is -3.66. The predicted octanol–water partition coefficient (Wildman–Crippen LogP) is 5.23. The van der Waals surface area contributed by atoms with E-state index >= 15 is 0 Å². The van der Waals surface area contributed by atoms with Crippen LogP contribution in [0.15, 0.2) is 97.2 Å². The highest BCUT2D eigenvalue weighted by atomic mass is 16.5. The average molecular weight is 399 g/mol. The molecule has 0 spiro atoms. The summed E-state index contributed by atoms with van der Waals surface area (Å²) in [6.07, 6.45) is 1.52. The van der Waals surface area contributed by atoms with Crippen LogP contribution in [0.1, 0.15) is 36.1 Å². The van der Waals surface area contributed by atoms with Gasteiger partial charge in [-0.1, -0.05) is 91.0 Å². The fourth-order valence-corrected chi connectivity index (χ4v) is 3.27. The molecule has 0 unspecified atom stereocenters. The van der Waals surface area contributed by atoms with Gasteiger partial charge in [0, 0.05) is 11.8 Å². The summed E-state index contributed by atoms with van der Waals surface area (Å²) in [5.41, 5.74) is 3.85. The number of nitrogens with zero attached hydrogens (tertiary/aromatic N) is 1. The van der Waals surface area contributed by atoms with E-state index in [1.165, 1.54) is 7.11 Å². The second kappa shape index (κ2) is 10.2. The number of ether oxygens (including phenoxy) is 1. The Balaban J connectivity index is 2.10. The lowest BCUT2D eigenvalue weighted by molar-refractivity contribution is -0.146. The van der Waals surface area contributed by atoms with Crippen LogP contribution in [-0.4, -0.2) is 23.9 Å². The highest BCUT2D eigenvalue weighted by Crippen LogP contribution is 2.28. The highest BCUT2D eigenvalue weighted by Gasteiger charge is 2.23. The molecule has 0 aliphatic carbocycles. The van der Waals surface area contributed by atoms with Crippen LogP contribution in [-0.2, 0) is 14.3 Å². The van der Waals surface area contributed by atoms with Crippen molar-refractivity contribution >= 4 is 17.4 Å². The van der Waals surface area contributed by atoms with Crippen LogP contribution in [0.3, 0.4) is 0 Å². The number of rotatable bonds is 7. The van der Waals surface area contributed by atoms with Gasteiger partial charge in [0.1, 0.15) is 6.42 Å². The lowest BCUT2D eigenvalue weighted by atomic mass is 9.98. The molecule has 3 rings (SSSR count). The van der Waals surface area contributed by atoms with Crippen LogP contribution in [0.4, 0.5) is 0 Å². The molecule has 0 bridgehead atoms. The van der Waals surface area contributed by atoms with Crippen LogP contribution in [0.2, 0.25) is 0 Å². The molecule has 4 nitrogen and oxygen atoms in total. The molecule has 0 aliphatic rings. The van der Waals surface area contributed by atoms with E-state index in [1.807, 2.05) is 104 Å². The van der Waals surface area contributed by atoms with Crippen molar-refractivity contribution in [1.82, 2.24) is 4.90 Å². The summed E-state index contributed by atoms with van der Waals surface area (Å²) in [4.78, 5) is 26.6. The van der Waals surface area contributed by atoms with Crippen molar-refractivity contribution in [3.8, 4) is 0 Å². The quantitative estimate of drug-likeness (QED) is 0.404. The molecular formula is C26H25NO3. The molecule has 0 saturated heterocycles. The molecule has 0 N–H and O–H groups in total. The summed E-state index contributed by atoms with van der Waals surface area (Å²) >= 11 is 0. The minimum absolute atomic E-state index is 0.259. The van der Waals surface area contributed by atoms with Gasteiger partial charge < -0.3 is 9.64 Å². The summed E-state index contributed by atoms with van der Waals surface area (Å²) in [7, 11) is 1.29. The molecule has 30 heavy (non-hydrogen) atoms. The first-order valence-electron chi connectivity index (χ1n) is 9.85. The molecule has 4 heteroatoms. The number of hydrogen-bond acceptors (Lipinski definition) is 3. The Bertz CT molecular complexity index is 957. The van der Waals surface area contributed by atoms with Gasteiger partial charge in [0.25, 0.3) is 0 Å². The molecule has 0 radical (unpaired) electrons. The third-order valence-electron chi connectivity index (χ3n) is 4.95. The first-order valence-corrected chi connectivity index (χ1v) is 9.85. The van der Waals surface area contributed by atoms with Crippen molar-refractivity contribution in [1.29, 1.82) is 0 Å². The molecule has 1 atom stereocenters. The smallest absolute Gasteiger partial charge is 0.315 e. The van der Waals surface area contributed by atoms with Crippen molar-refractivity contribution in [3.63, 3.8) is 0 Å². The minimum atomic E-state index is -0.556. The standard InChI is InChI=1S/C26H25NO3/c1-20(21-12-6-3-7-13-21)27(25(28)18-26(29)30-2)19-24(22-14-8-4-9-15-22)23-16-10-5-11-17-23/h3-17,19-20H,18H2,1-2H3/t20-/m0/s1. The van der Waals surface area contributed by atoms with Crippen molar-refractivity contribution in [2.24, 2.45) is 0 Å². The zero-order valence-corrected chi connectivity index (χ0v) is 17.2. The van der Waals surface area contributed by atoms with Gasteiger partial charge in [-0.2, -0.15) is 0 Å². The number of methoxy groups -OCH3 is 1. The van der Waals surface area contributed by atoms with Gasteiger partial charge in [-0.05, 0) is 23.6 Å². The van der Waals surface area contributed by atoms with Crippen LogP contribution in [0.5, 0.6) is 0 Å². The Morgan fingerprint density at radius 2 is 1.30 bits per heavy atom. The number of carbonyl (C=O) groups excluding carboxylic acids is 2. The second-order valence-corrected chi connectivity index (χ2v) is 6.92. The molecular weight excluding hydrogens is 374 g/mol. The Morgan fingerprint density at radius 3 is 1.77 bits per heavy atom. The molecule has 152 valence electrons. The molecule has 0 heterocycles. The van der Waals surface area contributed by atoms with Crippen LogP contribution in [0.25, 0.3) is 5.57 Å². The van der Waals surface area contributed by atoms with E-state index in [9.17, 15) is 9.59 Å². The van der Waals surface area contributed by atoms with Crippen molar-refractivity contribution in [2.45, 2.75) is 19.4 Å². The Kier molecular flexibility index (Phi) is 7.17. The fraction of sp³-hybridized carbons (Fsp3) is 0.154. The number of benzene rings is 3. The molecule has 0 aromatic heterocycles. The van der Waals surface area contributed by atoms with Crippen molar-refractivity contribution < 1.29 is 14.3 Å². The molecule has 0 saturated carbocycles. The molecule has 1 amide bonds. The monoisotopic (exact) mass is 399 g/mol. The van der Waals surface area contributed by atoms with E-state index in [2.05, 4.69) is 0 Å². The van der Waals surface area contributed by atoms with Gasteiger partial charge in [-0.25, -0.2) is 0 Å². The van der Waals surface area contributed by atoms with E-state index in [-0.39, 0.29) is 18.4 Å². The summed E-state index contributed by atoms with van der Waals surface area (Å²) in [5, 5.41) is 0. The van der Waals surface area contributed by atoms with E-state index < -0.39 is 5.97 Å². The summed E-state index contributed by atoms with van der Waals surface area (Å²) in [5.74, 6) is -0.873. The molecule has 3 aromatic rings.